The molecule has 0 saturated carbocycles. The highest BCUT2D eigenvalue weighted by Gasteiger charge is 2.21. The molecule has 1 atom stereocenters. The first-order valence-electron chi connectivity index (χ1n) is 7.88. The summed E-state index contributed by atoms with van der Waals surface area (Å²) in [6, 6.07) is 9.14. The summed E-state index contributed by atoms with van der Waals surface area (Å²) in [4.78, 5) is 38.7. The van der Waals surface area contributed by atoms with E-state index in [0.717, 1.165) is 16.5 Å². The van der Waals surface area contributed by atoms with E-state index < -0.39 is 23.9 Å². The van der Waals surface area contributed by atoms with Gasteiger partial charge in [-0.1, -0.05) is 18.2 Å². The van der Waals surface area contributed by atoms with Gasteiger partial charge in [-0.05, 0) is 30.0 Å². The Bertz CT molecular complexity index is 976. The molecule has 0 radical (unpaired) electrons. The van der Waals surface area contributed by atoms with Crippen LogP contribution in [0, 0.1) is 0 Å². The number of amides is 2. The molecule has 0 spiro atoms. The van der Waals surface area contributed by atoms with Crippen LogP contribution in [0.1, 0.15) is 22.8 Å². The lowest BCUT2D eigenvalue weighted by Gasteiger charge is -2.13. The minimum Gasteiger partial charge on any atom is -0.452 e. The van der Waals surface area contributed by atoms with Crippen LogP contribution < -0.4 is 11.1 Å². The highest BCUT2D eigenvalue weighted by Crippen LogP contribution is 2.23. The molecule has 0 unspecified atom stereocenters. The maximum absolute atomic E-state index is 12.2. The van der Waals surface area contributed by atoms with Crippen LogP contribution in [0.3, 0.4) is 0 Å². The average molecular weight is 371 g/mol. The van der Waals surface area contributed by atoms with Crippen molar-refractivity contribution < 1.29 is 19.1 Å². The first-order chi connectivity index (χ1) is 12.5. The molecule has 8 heteroatoms. The molecule has 0 saturated heterocycles. The highest BCUT2D eigenvalue weighted by atomic mass is 32.1. The number of hydrogen-bond acceptors (Lipinski definition) is 5. The van der Waals surface area contributed by atoms with Crippen LogP contribution in [-0.2, 0) is 20.7 Å². The van der Waals surface area contributed by atoms with E-state index in [4.69, 9.17) is 10.5 Å². The Hall–Kier alpha value is -3.13. The normalized spacial score (nSPS) is 11.9. The lowest BCUT2D eigenvalue weighted by atomic mass is 10.1. The van der Waals surface area contributed by atoms with Gasteiger partial charge in [-0.15, -0.1) is 11.3 Å². The summed E-state index contributed by atoms with van der Waals surface area (Å²) in [5, 5.41) is 5.47. The van der Waals surface area contributed by atoms with Gasteiger partial charge in [0.2, 0.25) is 0 Å². The highest BCUT2D eigenvalue weighted by molar-refractivity contribution is 7.14. The Kier molecular flexibility index (Phi) is 5.04. The molecule has 0 aliphatic heterocycles. The standard InChI is InChI=1S/C18H17N3O4S/c1-10(17(24)21-18-13(16(19)23)6-7-26-18)25-15(22)8-11-9-20-14-5-3-2-4-12(11)14/h2-7,9-10,20H,8H2,1H3,(H2,19,23)(H,21,24)/t10-/m1/s1. The lowest BCUT2D eigenvalue weighted by molar-refractivity contribution is -0.152. The number of thiophene rings is 1. The van der Waals surface area contributed by atoms with Crippen molar-refractivity contribution in [1.82, 2.24) is 4.98 Å². The molecule has 0 aliphatic rings. The third kappa shape index (κ3) is 3.75. The number of primary amides is 1. The number of rotatable bonds is 6. The zero-order valence-corrected chi connectivity index (χ0v) is 14.8. The van der Waals surface area contributed by atoms with E-state index in [1.165, 1.54) is 24.3 Å². The Morgan fingerprint density at radius 2 is 2.04 bits per heavy atom. The van der Waals surface area contributed by atoms with E-state index >= 15 is 0 Å². The van der Waals surface area contributed by atoms with Crippen molar-refractivity contribution in [1.29, 1.82) is 0 Å². The predicted octanol–water partition coefficient (Wildman–Crippen LogP) is 2.44. The van der Waals surface area contributed by atoms with Crippen molar-refractivity contribution >= 4 is 45.0 Å². The maximum atomic E-state index is 12.2. The summed E-state index contributed by atoms with van der Waals surface area (Å²) >= 11 is 1.17. The van der Waals surface area contributed by atoms with E-state index in [0.29, 0.717) is 5.00 Å². The number of benzene rings is 1. The van der Waals surface area contributed by atoms with Gasteiger partial charge < -0.3 is 20.8 Å². The largest absolute Gasteiger partial charge is 0.452 e. The minimum atomic E-state index is -1.00. The molecular formula is C18H17N3O4S. The number of H-pyrrole nitrogens is 1. The molecule has 2 heterocycles. The van der Waals surface area contributed by atoms with Crippen LogP contribution >= 0.6 is 11.3 Å². The van der Waals surface area contributed by atoms with Gasteiger partial charge in [0.15, 0.2) is 6.10 Å². The van der Waals surface area contributed by atoms with Crippen LogP contribution in [0.5, 0.6) is 0 Å². The van der Waals surface area contributed by atoms with Crippen LogP contribution in [0.4, 0.5) is 5.00 Å². The number of aromatic amines is 1. The number of nitrogens with two attached hydrogens (primary N) is 1. The molecule has 134 valence electrons. The summed E-state index contributed by atoms with van der Waals surface area (Å²) in [6.07, 6.45) is 0.796. The molecule has 0 aliphatic carbocycles. The molecule has 26 heavy (non-hydrogen) atoms. The summed E-state index contributed by atoms with van der Waals surface area (Å²) < 4.78 is 5.21. The van der Waals surface area contributed by atoms with Crippen molar-refractivity contribution in [3.63, 3.8) is 0 Å². The van der Waals surface area contributed by atoms with Crippen molar-refractivity contribution in [2.45, 2.75) is 19.4 Å². The monoisotopic (exact) mass is 371 g/mol. The summed E-state index contributed by atoms with van der Waals surface area (Å²) in [6.45, 7) is 1.47. The van der Waals surface area contributed by atoms with Crippen molar-refractivity contribution in [2.24, 2.45) is 5.73 Å². The fourth-order valence-corrected chi connectivity index (χ4v) is 3.33. The number of anilines is 1. The van der Waals surface area contributed by atoms with E-state index in [2.05, 4.69) is 10.3 Å². The van der Waals surface area contributed by atoms with Gasteiger partial charge in [-0.25, -0.2) is 0 Å². The van der Waals surface area contributed by atoms with Gasteiger partial charge in [0, 0.05) is 17.1 Å². The SMILES string of the molecule is C[C@@H](OC(=O)Cc1c[nH]c2ccccc12)C(=O)Nc1sccc1C(N)=O. The van der Waals surface area contributed by atoms with Gasteiger partial charge in [0.1, 0.15) is 5.00 Å². The topological polar surface area (TPSA) is 114 Å². The number of carbonyl (C=O) groups is 3. The number of carbonyl (C=O) groups excluding carboxylic acids is 3. The number of fused-ring (bicyclic) bond motifs is 1. The molecule has 3 rings (SSSR count). The van der Waals surface area contributed by atoms with Gasteiger partial charge in [-0.2, -0.15) is 0 Å². The molecular weight excluding hydrogens is 354 g/mol. The third-order valence-corrected chi connectivity index (χ3v) is 4.68. The third-order valence-electron chi connectivity index (χ3n) is 3.85. The number of aromatic nitrogens is 1. The quantitative estimate of drug-likeness (QED) is 0.577. The number of nitrogens with one attached hydrogen (secondary N) is 2. The second-order valence-electron chi connectivity index (χ2n) is 5.69. The van der Waals surface area contributed by atoms with Crippen LogP contribution in [0.2, 0.25) is 0 Å². The van der Waals surface area contributed by atoms with Gasteiger partial charge in [-0.3, -0.25) is 14.4 Å². The number of ether oxygens (including phenoxy) is 1. The molecule has 2 aromatic heterocycles. The van der Waals surface area contributed by atoms with Gasteiger partial charge >= 0.3 is 5.97 Å². The zero-order chi connectivity index (χ0) is 18.7. The van der Waals surface area contributed by atoms with Crippen molar-refractivity contribution in [2.75, 3.05) is 5.32 Å². The lowest BCUT2D eigenvalue weighted by Crippen LogP contribution is -2.30. The fourth-order valence-electron chi connectivity index (χ4n) is 2.54. The number of hydrogen-bond donors (Lipinski definition) is 3. The van der Waals surface area contributed by atoms with Gasteiger partial charge in [0.25, 0.3) is 11.8 Å². The smallest absolute Gasteiger partial charge is 0.311 e. The maximum Gasteiger partial charge on any atom is 0.311 e. The van der Waals surface area contributed by atoms with E-state index in [1.54, 1.807) is 11.6 Å². The first-order valence-corrected chi connectivity index (χ1v) is 8.76. The van der Waals surface area contributed by atoms with Gasteiger partial charge in [0.05, 0.1) is 12.0 Å². The van der Waals surface area contributed by atoms with E-state index in [9.17, 15) is 14.4 Å². The number of para-hydroxylation sites is 1. The molecule has 3 aromatic rings. The van der Waals surface area contributed by atoms with Crippen molar-refractivity contribution in [3.05, 3.63) is 53.0 Å². The van der Waals surface area contributed by atoms with Crippen LogP contribution in [-0.4, -0.2) is 28.9 Å². The van der Waals surface area contributed by atoms with E-state index in [-0.39, 0.29) is 12.0 Å². The second-order valence-corrected chi connectivity index (χ2v) is 6.60. The Morgan fingerprint density at radius 1 is 1.27 bits per heavy atom. The van der Waals surface area contributed by atoms with Crippen LogP contribution in [0.25, 0.3) is 10.9 Å². The molecule has 1 aromatic carbocycles. The van der Waals surface area contributed by atoms with E-state index in [1.807, 2.05) is 24.3 Å². The zero-order valence-electron chi connectivity index (χ0n) is 13.9. The molecule has 4 N–H and O–H groups in total. The summed E-state index contributed by atoms with van der Waals surface area (Å²) in [5.41, 5.74) is 7.19. The predicted molar refractivity (Wildman–Crippen MR) is 99.0 cm³/mol. The Morgan fingerprint density at radius 3 is 2.81 bits per heavy atom. The molecule has 0 bridgehead atoms. The molecule has 2 amide bonds. The minimum absolute atomic E-state index is 0.0488. The summed E-state index contributed by atoms with van der Waals surface area (Å²) in [5.74, 6) is -1.67. The van der Waals surface area contributed by atoms with Crippen LogP contribution in [0.15, 0.2) is 41.9 Å². The second kappa shape index (κ2) is 7.40. The average Bonchev–Trinajstić information content (AvgIpc) is 3.22. The van der Waals surface area contributed by atoms with Crippen molar-refractivity contribution in [3.8, 4) is 0 Å². The number of esters is 1. The first kappa shape index (κ1) is 17.7. The molecule has 0 fully saturated rings. The summed E-state index contributed by atoms with van der Waals surface area (Å²) in [7, 11) is 0. The fraction of sp³-hybridized carbons (Fsp3) is 0.167. The Balaban J connectivity index is 1.61. The Labute approximate surface area is 153 Å². The molecule has 7 nitrogen and oxygen atoms in total.